The Morgan fingerprint density at radius 2 is 2.14 bits per heavy atom. The van der Waals surface area contributed by atoms with E-state index >= 15 is 0 Å². The number of aromatic carboxylic acids is 1. The predicted molar refractivity (Wildman–Crippen MR) is 83.8 cm³/mol. The number of aryl methyl sites for hydroxylation is 1. The van der Waals surface area contributed by atoms with Crippen LogP contribution in [0.5, 0.6) is 0 Å². The number of carbonyl (C=O) groups is 2. The molecule has 2 aromatic rings. The molecule has 2 rings (SSSR count). The van der Waals surface area contributed by atoms with Crippen LogP contribution in [-0.4, -0.2) is 22.1 Å². The number of nitrogens with one attached hydrogen (secondary N) is 2. The number of carbonyl (C=O) groups excluding carboxylic acids is 1. The van der Waals surface area contributed by atoms with Gasteiger partial charge >= 0.3 is 12.0 Å². The Bertz CT molecular complexity index is 667. The Morgan fingerprint density at radius 1 is 1.38 bits per heavy atom. The van der Waals surface area contributed by atoms with Gasteiger partial charge in [0.25, 0.3) is 0 Å². The lowest BCUT2D eigenvalue weighted by atomic mass is 10.2. The first kappa shape index (κ1) is 15.5. The molecule has 1 aromatic carbocycles. The van der Waals surface area contributed by atoms with Crippen molar-refractivity contribution in [3.05, 3.63) is 44.3 Å². The van der Waals surface area contributed by atoms with Gasteiger partial charge in [-0.25, -0.2) is 14.6 Å². The number of anilines is 1. The highest BCUT2D eigenvalue weighted by molar-refractivity contribution is 9.10. The van der Waals surface area contributed by atoms with E-state index in [0.29, 0.717) is 10.7 Å². The molecular weight excluding hydrogens is 358 g/mol. The molecule has 0 aliphatic rings. The molecule has 110 valence electrons. The van der Waals surface area contributed by atoms with Crippen molar-refractivity contribution in [1.82, 2.24) is 10.3 Å². The van der Waals surface area contributed by atoms with E-state index in [-0.39, 0.29) is 18.3 Å². The van der Waals surface area contributed by atoms with Crippen molar-refractivity contribution >= 4 is 45.0 Å². The average molecular weight is 370 g/mol. The Hall–Kier alpha value is -1.93. The van der Waals surface area contributed by atoms with Crippen LogP contribution in [0.3, 0.4) is 0 Å². The number of hydrogen-bond donors (Lipinski definition) is 3. The molecule has 0 radical (unpaired) electrons. The summed E-state index contributed by atoms with van der Waals surface area (Å²) < 4.78 is 0.879. The zero-order valence-electron chi connectivity index (χ0n) is 11.0. The van der Waals surface area contributed by atoms with E-state index in [4.69, 9.17) is 5.11 Å². The molecule has 0 fully saturated rings. The molecule has 0 saturated heterocycles. The summed E-state index contributed by atoms with van der Waals surface area (Å²) in [4.78, 5) is 26.4. The third-order valence-corrected chi connectivity index (χ3v) is 3.78. The summed E-state index contributed by atoms with van der Waals surface area (Å²) in [6, 6.07) is 5.19. The molecule has 0 unspecified atom stereocenters. The summed E-state index contributed by atoms with van der Waals surface area (Å²) in [7, 11) is 0. The molecule has 21 heavy (non-hydrogen) atoms. The number of thiazole rings is 1. The van der Waals surface area contributed by atoms with E-state index in [2.05, 4.69) is 31.5 Å². The van der Waals surface area contributed by atoms with Gasteiger partial charge in [0.1, 0.15) is 5.01 Å². The van der Waals surface area contributed by atoms with E-state index in [1.807, 2.05) is 19.1 Å². The number of amides is 2. The normalized spacial score (nSPS) is 10.2. The molecule has 0 saturated carbocycles. The fraction of sp³-hybridized carbons (Fsp3) is 0.154. The summed E-state index contributed by atoms with van der Waals surface area (Å²) in [5.41, 5.74) is 1.68. The molecule has 2 amide bonds. The number of benzene rings is 1. The maximum absolute atomic E-state index is 11.8. The molecule has 0 bridgehead atoms. The van der Waals surface area contributed by atoms with Crippen molar-refractivity contribution in [3.8, 4) is 0 Å². The Kier molecular flexibility index (Phi) is 4.92. The van der Waals surface area contributed by atoms with Gasteiger partial charge in [-0.3, -0.25) is 0 Å². The number of hydrogen-bond acceptors (Lipinski definition) is 4. The van der Waals surface area contributed by atoms with Gasteiger partial charge in [-0.05, 0) is 30.7 Å². The molecule has 6 nitrogen and oxygen atoms in total. The smallest absolute Gasteiger partial charge is 0.355 e. The summed E-state index contributed by atoms with van der Waals surface area (Å²) in [6.07, 6.45) is 0. The van der Waals surface area contributed by atoms with Gasteiger partial charge in [0, 0.05) is 15.5 Å². The fourth-order valence-electron chi connectivity index (χ4n) is 1.63. The highest BCUT2D eigenvalue weighted by Gasteiger charge is 2.09. The van der Waals surface area contributed by atoms with Crippen molar-refractivity contribution in [2.75, 3.05) is 5.32 Å². The lowest BCUT2D eigenvalue weighted by Crippen LogP contribution is -2.28. The second-order valence-corrected chi connectivity index (χ2v) is 6.11. The van der Waals surface area contributed by atoms with E-state index in [1.54, 1.807) is 6.07 Å². The van der Waals surface area contributed by atoms with Gasteiger partial charge in [0.2, 0.25) is 0 Å². The Morgan fingerprint density at radius 3 is 2.76 bits per heavy atom. The van der Waals surface area contributed by atoms with Crippen LogP contribution in [0, 0.1) is 6.92 Å². The summed E-state index contributed by atoms with van der Waals surface area (Å²) in [6.45, 7) is 2.10. The van der Waals surface area contributed by atoms with Crippen molar-refractivity contribution in [2.24, 2.45) is 0 Å². The molecule has 1 heterocycles. The van der Waals surface area contributed by atoms with Crippen LogP contribution in [0.2, 0.25) is 0 Å². The lowest BCUT2D eigenvalue weighted by Gasteiger charge is -2.07. The maximum atomic E-state index is 11.8. The van der Waals surface area contributed by atoms with Crippen LogP contribution in [-0.2, 0) is 6.54 Å². The SMILES string of the molecule is Cc1cc(Br)cc(NC(=O)NCc2nc(C(=O)O)cs2)c1. The fourth-order valence-corrected chi connectivity index (χ4v) is 2.95. The van der Waals surface area contributed by atoms with Crippen LogP contribution in [0.25, 0.3) is 0 Å². The molecule has 0 atom stereocenters. The van der Waals surface area contributed by atoms with Crippen LogP contribution >= 0.6 is 27.3 Å². The summed E-state index contributed by atoms with van der Waals surface area (Å²) in [5, 5.41) is 16.1. The quantitative estimate of drug-likeness (QED) is 0.771. The van der Waals surface area contributed by atoms with E-state index < -0.39 is 5.97 Å². The highest BCUT2D eigenvalue weighted by atomic mass is 79.9. The van der Waals surface area contributed by atoms with Gasteiger partial charge in [-0.1, -0.05) is 15.9 Å². The minimum absolute atomic E-state index is 0.0141. The topological polar surface area (TPSA) is 91.3 Å². The molecule has 8 heteroatoms. The first-order chi connectivity index (χ1) is 9.94. The number of carboxylic acids is 1. The third kappa shape index (κ3) is 4.54. The zero-order valence-corrected chi connectivity index (χ0v) is 13.4. The number of carboxylic acid groups (broad SMARTS) is 1. The number of aromatic nitrogens is 1. The monoisotopic (exact) mass is 369 g/mol. The minimum Gasteiger partial charge on any atom is -0.476 e. The molecule has 0 aliphatic carbocycles. The Labute approximate surface area is 133 Å². The lowest BCUT2D eigenvalue weighted by molar-refractivity contribution is 0.0691. The van der Waals surface area contributed by atoms with Crippen molar-refractivity contribution < 1.29 is 14.7 Å². The van der Waals surface area contributed by atoms with Crippen LogP contribution < -0.4 is 10.6 Å². The standard InChI is InChI=1S/C13H12BrN3O3S/c1-7-2-8(14)4-9(3-7)16-13(20)15-5-11-17-10(6-21-11)12(18)19/h2-4,6H,5H2,1H3,(H,18,19)(H2,15,16,20). The van der Waals surface area contributed by atoms with Gasteiger partial charge < -0.3 is 15.7 Å². The Balaban J connectivity index is 1.90. The molecule has 1 aromatic heterocycles. The van der Waals surface area contributed by atoms with E-state index in [9.17, 15) is 9.59 Å². The molecule has 0 spiro atoms. The molecular formula is C13H12BrN3O3S. The number of nitrogens with zero attached hydrogens (tertiary/aromatic N) is 1. The van der Waals surface area contributed by atoms with Crippen LogP contribution in [0.4, 0.5) is 10.5 Å². The van der Waals surface area contributed by atoms with E-state index in [0.717, 1.165) is 10.0 Å². The second kappa shape index (κ2) is 6.68. The van der Waals surface area contributed by atoms with Crippen molar-refractivity contribution in [3.63, 3.8) is 0 Å². The van der Waals surface area contributed by atoms with E-state index in [1.165, 1.54) is 16.7 Å². The van der Waals surface area contributed by atoms with Gasteiger partial charge in [0.05, 0.1) is 6.54 Å². The largest absolute Gasteiger partial charge is 0.476 e. The average Bonchev–Trinajstić information content (AvgIpc) is 2.84. The molecule has 0 aliphatic heterocycles. The van der Waals surface area contributed by atoms with Crippen molar-refractivity contribution in [1.29, 1.82) is 0 Å². The van der Waals surface area contributed by atoms with Crippen LogP contribution in [0.15, 0.2) is 28.1 Å². The van der Waals surface area contributed by atoms with Crippen molar-refractivity contribution in [2.45, 2.75) is 13.5 Å². The second-order valence-electron chi connectivity index (χ2n) is 4.26. The zero-order chi connectivity index (χ0) is 15.4. The highest BCUT2D eigenvalue weighted by Crippen LogP contribution is 2.19. The first-order valence-corrected chi connectivity index (χ1v) is 7.61. The minimum atomic E-state index is -1.08. The summed E-state index contributed by atoms with van der Waals surface area (Å²) >= 11 is 4.55. The maximum Gasteiger partial charge on any atom is 0.355 e. The number of rotatable bonds is 4. The van der Waals surface area contributed by atoms with Gasteiger partial charge in [-0.15, -0.1) is 11.3 Å². The van der Waals surface area contributed by atoms with Gasteiger partial charge in [0.15, 0.2) is 5.69 Å². The predicted octanol–water partition coefficient (Wildman–Crippen LogP) is 3.23. The van der Waals surface area contributed by atoms with Crippen LogP contribution in [0.1, 0.15) is 21.1 Å². The number of urea groups is 1. The summed E-state index contributed by atoms with van der Waals surface area (Å²) in [5.74, 6) is -1.08. The molecule has 3 N–H and O–H groups in total. The first-order valence-electron chi connectivity index (χ1n) is 5.94. The number of halogens is 1. The van der Waals surface area contributed by atoms with Gasteiger partial charge in [-0.2, -0.15) is 0 Å². The third-order valence-electron chi connectivity index (χ3n) is 2.47.